The highest BCUT2D eigenvalue weighted by Crippen LogP contribution is 2.13. The Balaban J connectivity index is 2.14. The van der Waals surface area contributed by atoms with Crippen LogP contribution in [0.25, 0.3) is 0 Å². The summed E-state index contributed by atoms with van der Waals surface area (Å²) in [5.41, 5.74) is 1.22. The number of aliphatic hydroxyl groups excluding tert-OH is 1. The molecule has 0 aromatic heterocycles. The van der Waals surface area contributed by atoms with Crippen LogP contribution in [0.3, 0.4) is 0 Å². The molecule has 1 aromatic rings. The molecule has 1 rings (SSSR count). The van der Waals surface area contributed by atoms with E-state index in [1.165, 1.54) is 17.3 Å². The van der Waals surface area contributed by atoms with Crippen LogP contribution in [0.5, 0.6) is 0 Å². The second-order valence-corrected chi connectivity index (χ2v) is 5.71. The molecule has 1 aromatic carbocycles. The van der Waals surface area contributed by atoms with Gasteiger partial charge in [0.05, 0.1) is 11.9 Å². The lowest BCUT2D eigenvalue weighted by Gasteiger charge is -2.13. The standard InChI is InChI=1S/C14H21NO2S/c1-11(16)12(2)18-10-14(17)15-9-8-13-6-4-3-5-7-13/h3-7,11-12,16H,8-10H2,1-2H3,(H,15,17). The molecule has 4 heteroatoms. The normalized spacial score (nSPS) is 13.9. The zero-order valence-electron chi connectivity index (χ0n) is 10.9. The van der Waals surface area contributed by atoms with Gasteiger partial charge < -0.3 is 10.4 Å². The van der Waals surface area contributed by atoms with Crippen LogP contribution in [0.1, 0.15) is 19.4 Å². The summed E-state index contributed by atoms with van der Waals surface area (Å²) < 4.78 is 0. The lowest BCUT2D eigenvalue weighted by molar-refractivity contribution is -0.118. The highest BCUT2D eigenvalue weighted by Gasteiger charge is 2.11. The van der Waals surface area contributed by atoms with Crippen LogP contribution in [-0.4, -0.2) is 34.7 Å². The van der Waals surface area contributed by atoms with E-state index in [1.807, 2.05) is 25.1 Å². The van der Waals surface area contributed by atoms with Crippen molar-refractivity contribution in [1.29, 1.82) is 0 Å². The summed E-state index contributed by atoms with van der Waals surface area (Å²) in [5, 5.41) is 12.3. The maximum atomic E-state index is 11.5. The van der Waals surface area contributed by atoms with E-state index in [2.05, 4.69) is 17.4 Å². The largest absolute Gasteiger partial charge is 0.392 e. The number of hydrogen-bond acceptors (Lipinski definition) is 3. The molecular formula is C14H21NO2S. The van der Waals surface area contributed by atoms with Gasteiger partial charge in [0.2, 0.25) is 5.91 Å². The van der Waals surface area contributed by atoms with Crippen molar-refractivity contribution in [1.82, 2.24) is 5.32 Å². The Labute approximate surface area is 113 Å². The van der Waals surface area contributed by atoms with Gasteiger partial charge in [0.1, 0.15) is 0 Å². The number of nitrogens with one attached hydrogen (secondary N) is 1. The molecule has 0 radical (unpaired) electrons. The molecule has 0 aliphatic carbocycles. The second kappa shape index (κ2) is 8.16. The monoisotopic (exact) mass is 267 g/mol. The molecule has 0 spiro atoms. The fraction of sp³-hybridized carbons (Fsp3) is 0.500. The molecule has 0 saturated carbocycles. The van der Waals surface area contributed by atoms with E-state index in [0.717, 1.165) is 6.42 Å². The number of amides is 1. The third-order valence-corrected chi connectivity index (χ3v) is 4.08. The van der Waals surface area contributed by atoms with Gasteiger partial charge in [0.15, 0.2) is 0 Å². The van der Waals surface area contributed by atoms with Gasteiger partial charge in [0.25, 0.3) is 0 Å². The van der Waals surface area contributed by atoms with Crippen LogP contribution in [-0.2, 0) is 11.2 Å². The van der Waals surface area contributed by atoms with Crippen LogP contribution in [0, 0.1) is 0 Å². The summed E-state index contributed by atoms with van der Waals surface area (Å²) in [7, 11) is 0. The van der Waals surface area contributed by atoms with E-state index in [0.29, 0.717) is 12.3 Å². The minimum Gasteiger partial charge on any atom is -0.392 e. The first-order valence-corrected chi connectivity index (χ1v) is 7.24. The summed E-state index contributed by atoms with van der Waals surface area (Å²) >= 11 is 1.48. The van der Waals surface area contributed by atoms with Gasteiger partial charge in [0, 0.05) is 11.8 Å². The fourth-order valence-electron chi connectivity index (χ4n) is 1.39. The second-order valence-electron chi connectivity index (χ2n) is 4.34. The van der Waals surface area contributed by atoms with Gasteiger partial charge in [-0.05, 0) is 18.9 Å². The van der Waals surface area contributed by atoms with Crippen molar-refractivity contribution >= 4 is 17.7 Å². The molecule has 2 atom stereocenters. The number of aliphatic hydroxyl groups is 1. The lowest BCUT2D eigenvalue weighted by atomic mass is 10.1. The minimum atomic E-state index is -0.382. The number of benzene rings is 1. The molecule has 0 fully saturated rings. The quantitative estimate of drug-likeness (QED) is 0.792. The predicted molar refractivity (Wildman–Crippen MR) is 76.8 cm³/mol. The predicted octanol–water partition coefficient (Wildman–Crippen LogP) is 1.85. The Morgan fingerprint density at radius 3 is 2.61 bits per heavy atom. The van der Waals surface area contributed by atoms with Crippen molar-refractivity contribution in [3.8, 4) is 0 Å². The third kappa shape index (κ3) is 6.07. The van der Waals surface area contributed by atoms with Crippen molar-refractivity contribution in [3.05, 3.63) is 35.9 Å². The molecule has 0 aliphatic heterocycles. The number of thioether (sulfide) groups is 1. The Morgan fingerprint density at radius 2 is 2.00 bits per heavy atom. The van der Waals surface area contributed by atoms with Crippen LogP contribution < -0.4 is 5.32 Å². The molecule has 0 aliphatic rings. The van der Waals surface area contributed by atoms with Crippen LogP contribution in [0.2, 0.25) is 0 Å². The average Bonchev–Trinajstić information content (AvgIpc) is 2.37. The highest BCUT2D eigenvalue weighted by atomic mass is 32.2. The number of rotatable bonds is 7. The number of carbonyl (C=O) groups excluding carboxylic acids is 1. The van der Waals surface area contributed by atoms with E-state index in [9.17, 15) is 9.90 Å². The maximum absolute atomic E-state index is 11.5. The molecule has 2 N–H and O–H groups in total. The first-order chi connectivity index (χ1) is 8.59. The van der Waals surface area contributed by atoms with Gasteiger partial charge in [-0.15, -0.1) is 11.8 Å². The first kappa shape index (κ1) is 15.1. The molecule has 0 bridgehead atoms. The summed E-state index contributed by atoms with van der Waals surface area (Å²) in [6.45, 7) is 4.32. The van der Waals surface area contributed by atoms with E-state index < -0.39 is 0 Å². The van der Waals surface area contributed by atoms with E-state index in [1.54, 1.807) is 6.92 Å². The van der Waals surface area contributed by atoms with E-state index >= 15 is 0 Å². The molecule has 2 unspecified atom stereocenters. The molecule has 3 nitrogen and oxygen atoms in total. The summed E-state index contributed by atoms with van der Waals surface area (Å²) in [6, 6.07) is 10.1. The van der Waals surface area contributed by atoms with Gasteiger partial charge in [-0.1, -0.05) is 37.3 Å². The van der Waals surface area contributed by atoms with Crippen molar-refractivity contribution < 1.29 is 9.90 Å². The molecule has 1 amide bonds. The zero-order valence-corrected chi connectivity index (χ0v) is 11.7. The Bertz CT molecular complexity index is 354. The number of carbonyl (C=O) groups is 1. The third-order valence-electron chi connectivity index (χ3n) is 2.74. The van der Waals surface area contributed by atoms with E-state index in [4.69, 9.17) is 0 Å². The zero-order chi connectivity index (χ0) is 13.4. The van der Waals surface area contributed by atoms with Crippen molar-refractivity contribution in [2.24, 2.45) is 0 Å². The SMILES string of the molecule is CC(O)C(C)SCC(=O)NCCc1ccccc1. The minimum absolute atomic E-state index is 0.0310. The summed E-state index contributed by atoms with van der Waals surface area (Å²) in [5.74, 6) is 0.435. The topological polar surface area (TPSA) is 49.3 Å². The molecule has 0 saturated heterocycles. The molecule has 100 valence electrons. The van der Waals surface area contributed by atoms with Gasteiger partial charge in [-0.2, -0.15) is 0 Å². The fourth-order valence-corrected chi connectivity index (χ4v) is 2.18. The lowest BCUT2D eigenvalue weighted by Crippen LogP contribution is -2.29. The number of hydrogen-bond donors (Lipinski definition) is 2. The van der Waals surface area contributed by atoms with Crippen molar-refractivity contribution in [3.63, 3.8) is 0 Å². The summed E-state index contributed by atoms with van der Waals surface area (Å²) in [4.78, 5) is 11.5. The van der Waals surface area contributed by atoms with Crippen LogP contribution >= 0.6 is 11.8 Å². The Kier molecular flexibility index (Phi) is 6.83. The van der Waals surface area contributed by atoms with Crippen molar-refractivity contribution in [2.75, 3.05) is 12.3 Å². The van der Waals surface area contributed by atoms with E-state index in [-0.39, 0.29) is 17.3 Å². The van der Waals surface area contributed by atoms with Gasteiger partial charge in [-0.3, -0.25) is 4.79 Å². The Hall–Kier alpha value is -1.00. The highest BCUT2D eigenvalue weighted by molar-refractivity contribution is 8.00. The molecule has 0 heterocycles. The average molecular weight is 267 g/mol. The maximum Gasteiger partial charge on any atom is 0.230 e. The molecular weight excluding hydrogens is 246 g/mol. The van der Waals surface area contributed by atoms with Crippen LogP contribution in [0.4, 0.5) is 0 Å². The summed E-state index contributed by atoms with van der Waals surface area (Å²) in [6.07, 6.45) is 0.468. The van der Waals surface area contributed by atoms with Gasteiger partial charge >= 0.3 is 0 Å². The Morgan fingerprint density at radius 1 is 1.33 bits per heavy atom. The molecule has 18 heavy (non-hydrogen) atoms. The van der Waals surface area contributed by atoms with Crippen molar-refractivity contribution in [2.45, 2.75) is 31.6 Å². The van der Waals surface area contributed by atoms with Gasteiger partial charge in [-0.25, -0.2) is 0 Å². The smallest absolute Gasteiger partial charge is 0.230 e. The van der Waals surface area contributed by atoms with Crippen LogP contribution in [0.15, 0.2) is 30.3 Å². The first-order valence-electron chi connectivity index (χ1n) is 6.20.